The molecule has 1 aromatic carbocycles. The zero-order valence-corrected chi connectivity index (χ0v) is 12.5. The molecule has 1 atom stereocenters. The van der Waals surface area contributed by atoms with Crippen molar-refractivity contribution < 1.29 is 4.79 Å². The molecular formula is C15H17ClN4O. The highest BCUT2D eigenvalue weighted by molar-refractivity contribution is 6.31. The van der Waals surface area contributed by atoms with Crippen LogP contribution in [-0.4, -0.2) is 40.6 Å². The Bertz CT molecular complexity index is 655. The molecule has 1 aromatic heterocycles. The van der Waals surface area contributed by atoms with E-state index in [0.717, 1.165) is 17.8 Å². The van der Waals surface area contributed by atoms with E-state index in [0.29, 0.717) is 23.7 Å². The first-order valence-electron chi connectivity index (χ1n) is 6.94. The molecule has 0 spiro atoms. The first kappa shape index (κ1) is 14.1. The fraction of sp³-hybridized carbons (Fsp3) is 0.333. The Hall–Kier alpha value is -1.85. The summed E-state index contributed by atoms with van der Waals surface area (Å²) < 4.78 is 0. The third kappa shape index (κ3) is 2.66. The molecule has 1 unspecified atom stereocenters. The highest BCUT2D eigenvalue weighted by atomic mass is 35.5. The molecular weight excluding hydrogens is 288 g/mol. The van der Waals surface area contributed by atoms with Crippen LogP contribution in [0.25, 0.3) is 0 Å². The average molecular weight is 305 g/mol. The molecule has 1 amide bonds. The minimum absolute atomic E-state index is 0.00679. The van der Waals surface area contributed by atoms with E-state index in [4.69, 9.17) is 11.6 Å². The maximum atomic E-state index is 12.8. The Labute approximate surface area is 128 Å². The van der Waals surface area contributed by atoms with Crippen LogP contribution in [-0.2, 0) is 0 Å². The summed E-state index contributed by atoms with van der Waals surface area (Å²) in [7, 11) is 0. The maximum absolute atomic E-state index is 12.8. The summed E-state index contributed by atoms with van der Waals surface area (Å²) in [5.74, 6) is -0.00679. The van der Waals surface area contributed by atoms with E-state index in [1.54, 1.807) is 6.20 Å². The van der Waals surface area contributed by atoms with E-state index in [1.165, 1.54) is 0 Å². The zero-order chi connectivity index (χ0) is 14.8. The second-order valence-electron chi connectivity index (χ2n) is 5.15. The zero-order valence-electron chi connectivity index (χ0n) is 11.8. The van der Waals surface area contributed by atoms with Gasteiger partial charge in [0.15, 0.2) is 0 Å². The molecule has 5 nitrogen and oxygen atoms in total. The molecule has 21 heavy (non-hydrogen) atoms. The van der Waals surface area contributed by atoms with Crippen LogP contribution < -0.4 is 5.32 Å². The van der Waals surface area contributed by atoms with Crippen LogP contribution in [0.4, 0.5) is 0 Å². The predicted octanol–water partition coefficient (Wildman–Crippen LogP) is 2.16. The molecule has 6 heteroatoms. The standard InChI is InChI=1S/C15H17ClN4O/c1-10-12(8-18-19-10)15(21)20-7-6-17-9-14(20)11-4-2-3-5-13(11)16/h2-5,8,14,17H,6-7,9H2,1H3,(H,18,19). The van der Waals surface area contributed by atoms with Crippen molar-refractivity contribution in [3.05, 3.63) is 52.3 Å². The van der Waals surface area contributed by atoms with E-state index in [1.807, 2.05) is 36.1 Å². The van der Waals surface area contributed by atoms with Crippen molar-refractivity contribution in [2.24, 2.45) is 0 Å². The highest BCUT2D eigenvalue weighted by Crippen LogP contribution is 2.29. The summed E-state index contributed by atoms with van der Waals surface area (Å²) in [5, 5.41) is 10.8. The van der Waals surface area contributed by atoms with Crippen LogP contribution in [0.2, 0.25) is 5.02 Å². The van der Waals surface area contributed by atoms with E-state index in [9.17, 15) is 4.79 Å². The molecule has 1 fully saturated rings. The number of rotatable bonds is 2. The van der Waals surface area contributed by atoms with Gasteiger partial charge in [-0.2, -0.15) is 5.10 Å². The number of carbonyl (C=O) groups excluding carboxylic acids is 1. The monoisotopic (exact) mass is 304 g/mol. The molecule has 3 rings (SSSR count). The number of benzene rings is 1. The number of piperazine rings is 1. The van der Waals surface area contributed by atoms with Gasteiger partial charge in [0.25, 0.3) is 5.91 Å². The minimum Gasteiger partial charge on any atom is -0.329 e. The van der Waals surface area contributed by atoms with Gasteiger partial charge in [-0.3, -0.25) is 9.89 Å². The number of hydrogen-bond donors (Lipinski definition) is 2. The number of aryl methyl sites for hydroxylation is 1. The number of aromatic nitrogens is 2. The lowest BCUT2D eigenvalue weighted by Gasteiger charge is -2.36. The van der Waals surface area contributed by atoms with Gasteiger partial charge in [0.1, 0.15) is 0 Å². The van der Waals surface area contributed by atoms with Crippen molar-refractivity contribution in [3.63, 3.8) is 0 Å². The number of halogens is 1. The highest BCUT2D eigenvalue weighted by Gasteiger charge is 2.30. The Morgan fingerprint density at radius 1 is 1.43 bits per heavy atom. The summed E-state index contributed by atoms with van der Waals surface area (Å²) in [5.41, 5.74) is 2.38. The van der Waals surface area contributed by atoms with Gasteiger partial charge in [-0.1, -0.05) is 29.8 Å². The number of nitrogens with zero attached hydrogens (tertiary/aromatic N) is 2. The third-order valence-electron chi connectivity index (χ3n) is 3.83. The quantitative estimate of drug-likeness (QED) is 0.894. The lowest BCUT2D eigenvalue weighted by atomic mass is 10.0. The third-order valence-corrected chi connectivity index (χ3v) is 4.17. The molecule has 0 radical (unpaired) electrons. The summed E-state index contributed by atoms with van der Waals surface area (Å²) in [6.45, 7) is 3.99. The van der Waals surface area contributed by atoms with Crippen LogP contribution in [0.15, 0.2) is 30.5 Å². The van der Waals surface area contributed by atoms with Crippen molar-refractivity contribution in [1.29, 1.82) is 0 Å². The summed E-state index contributed by atoms with van der Waals surface area (Å²) in [6, 6.07) is 7.62. The Morgan fingerprint density at radius 3 is 2.95 bits per heavy atom. The van der Waals surface area contributed by atoms with Gasteiger partial charge in [-0.15, -0.1) is 0 Å². The number of nitrogens with one attached hydrogen (secondary N) is 2. The molecule has 2 heterocycles. The minimum atomic E-state index is -0.0609. The molecule has 0 bridgehead atoms. The van der Waals surface area contributed by atoms with Gasteiger partial charge in [0.05, 0.1) is 17.8 Å². The van der Waals surface area contributed by atoms with Gasteiger partial charge in [-0.25, -0.2) is 0 Å². The van der Waals surface area contributed by atoms with E-state index in [-0.39, 0.29) is 11.9 Å². The van der Waals surface area contributed by atoms with Crippen molar-refractivity contribution in [2.45, 2.75) is 13.0 Å². The van der Waals surface area contributed by atoms with Gasteiger partial charge >= 0.3 is 0 Å². The van der Waals surface area contributed by atoms with Crippen molar-refractivity contribution in [1.82, 2.24) is 20.4 Å². The number of H-pyrrole nitrogens is 1. The van der Waals surface area contributed by atoms with Gasteiger partial charge in [0, 0.05) is 30.4 Å². The molecule has 0 saturated carbocycles. The number of aromatic amines is 1. The molecule has 0 aliphatic carbocycles. The molecule has 2 aromatic rings. The Balaban J connectivity index is 1.94. The molecule has 2 N–H and O–H groups in total. The molecule has 1 aliphatic heterocycles. The summed E-state index contributed by atoms with van der Waals surface area (Å²) in [6.07, 6.45) is 1.59. The van der Waals surface area contributed by atoms with E-state index >= 15 is 0 Å². The lowest BCUT2D eigenvalue weighted by molar-refractivity contribution is 0.0634. The normalized spacial score (nSPS) is 18.8. The topological polar surface area (TPSA) is 61.0 Å². The number of carbonyl (C=O) groups is 1. The molecule has 1 aliphatic rings. The SMILES string of the molecule is Cc1[nH]ncc1C(=O)N1CCNCC1c1ccccc1Cl. The van der Waals surface area contributed by atoms with Crippen LogP contribution in [0.1, 0.15) is 27.7 Å². The summed E-state index contributed by atoms with van der Waals surface area (Å²) >= 11 is 6.30. The fourth-order valence-corrected chi connectivity index (χ4v) is 2.95. The predicted molar refractivity (Wildman–Crippen MR) is 81.4 cm³/mol. The van der Waals surface area contributed by atoms with Crippen LogP contribution in [0.5, 0.6) is 0 Å². The van der Waals surface area contributed by atoms with Gasteiger partial charge < -0.3 is 10.2 Å². The molecule has 110 valence electrons. The second kappa shape index (κ2) is 5.87. The second-order valence-corrected chi connectivity index (χ2v) is 5.56. The Morgan fingerprint density at radius 2 is 2.24 bits per heavy atom. The lowest BCUT2D eigenvalue weighted by Crippen LogP contribution is -2.48. The van der Waals surface area contributed by atoms with Crippen molar-refractivity contribution in [2.75, 3.05) is 19.6 Å². The largest absolute Gasteiger partial charge is 0.329 e. The van der Waals surface area contributed by atoms with Crippen LogP contribution in [0, 0.1) is 6.92 Å². The first-order valence-corrected chi connectivity index (χ1v) is 7.32. The smallest absolute Gasteiger partial charge is 0.257 e. The van der Waals surface area contributed by atoms with E-state index < -0.39 is 0 Å². The summed E-state index contributed by atoms with van der Waals surface area (Å²) in [4.78, 5) is 14.6. The number of amides is 1. The fourth-order valence-electron chi connectivity index (χ4n) is 2.69. The average Bonchev–Trinajstić information content (AvgIpc) is 2.93. The van der Waals surface area contributed by atoms with Gasteiger partial charge in [-0.05, 0) is 18.6 Å². The Kier molecular flexibility index (Phi) is 3.94. The van der Waals surface area contributed by atoms with Crippen molar-refractivity contribution in [3.8, 4) is 0 Å². The molecule has 1 saturated heterocycles. The maximum Gasteiger partial charge on any atom is 0.257 e. The van der Waals surface area contributed by atoms with E-state index in [2.05, 4.69) is 15.5 Å². The van der Waals surface area contributed by atoms with Crippen LogP contribution in [0.3, 0.4) is 0 Å². The van der Waals surface area contributed by atoms with Crippen molar-refractivity contribution >= 4 is 17.5 Å². The van der Waals surface area contributed by atoms with Gasteiger partial charge in [0.2, 0.25) is 0 Å². The van der Waals surface area contributed by atoms with Crippen LogP contribution >= 0.6 is 11.6 Å². The first-order chi connectivity index (χ1) is 10.2. The number of hydrogen-bond acceptors (Lipinski definition) is 3.